The fraction of sp³-hybridized carbons (Fsp3) is 0.643. The van der Waals surface area contributed by atoms with Gasteiger partial charge in [0.25, 0.3) is 0 Å². The number of alkyl halides is 2. The second-order valence-corrected chi connectivity index (χ2v) is 5.31. The highest BCUT2D eigenvalue weighted by Gasteiger charge is 2.35. The molecule has 0 saturated heterocycles. The fourth-order valence-corrected chi connectivity index (χ4v) is 2.52. The standard InChI is InChI=1S/C14H18F2N2O2/c15-14(16)5-3-11(4-6-14)20-12-2-1-10-9-17-7-8-19-13(10)18-12/h1-2,11,17H,3-9H2. The summed E-state index contributed by atoms with van der Waals surface area (Å²) in [5.74, 6) is -1.50. The van der Waals surface area contributed by atoms with Crippen LogP contribution in [0.3, 0.4) is 0 Å². The van der Waals surface area contributed by atoms with Crippen LogP contribution in [0.4, 0.5) is 8.78 Å². The number of hydrogen-bond acceptors (Lipinski definition) is 4. The molecule has 2 heterocycles. The van der Waals surface area contributed by atoms with Crippen molar-refractivity contribution >= 4 is 0 Å². The van der Waals surface area contributed by atoms with Gasteiger partial charge in [-0.1, -0.05) is 0 Å². The number of pyridine rings is 1. The van der Waals surface area contributed by atoms with Crippen LogP contribution >= 0.6 is 0 Å². The number of halogens is 2. The Bertz CT molecular complexity index is 472. The van der Waals surface area contributed by atoms with E-state index in [2.05, 4.69) is 10.3 Å². The van der Waals surface area contributed by atoms with Crippen molar-refractivity contribution < 1.29 is 18.3 Å². The van der Waals surface area contributed by atoms with E-state index in [1.807, 2.05) is 6.07 Å². The van der Waals surface area contributed by atoms with Crippen LogP contribution in [0.15, 0.2) is 12.1 Å². The molecule has 0 amide bonds. The molecule has 1 aromatic rings. The largest absolute Gasteiger partial charge is 0.476 e. The van der Waals surface area contributed by atoms with E-state index in [1.54, 1.807) is 6.07 Å². The SMILES string of the molecule is FC1(F)CCC(Oc2ccc3c(n2)OCCNC3)CC1. The lowest BCUT2D eigenvalue weighted by Gasteiger charge is -2.28. The molecule has 1 fully saturated rings. The van der Waals surface area contributed by atoms with Crippen LogP contribution in [-0.2, 0) is 6.54 Å². The zero-order valence-corrected chi connectivity index (χ0v) is 11.2. The molecule has 1 saturated carbocycles. The monoisotopic (exact) mass is 284 g/mol. The summed E-state index contributed by atoms with van der Waals surface area (Å²) in [5.41, 5.74) is 0.991. The summed E-state index contributed by atoms with van der Waals surface area (Å²) < 4.78 is 37.4. The highest BCUT2D eigenvalue weighted by atomic mass is 19.3. The van der Waals surface area contributed by atoms with E-state index in [0.717, 1.165) is 18.7 Å². The van der Waals surface area contributed by atoms with Crippen LogP contribution < -0.4 is 14.8 Å². The van der Waals surface area contributed by atoms with E-state index in [9.17, 15) is 8.78 Å². The molecule has 0 unspecified atom stereocenters. The molecule has 110 valence electrons. The van der Waals surface area contributed by atoms with Crippen molar-refractivity contribution in [2.45, 2.75) is 44.3 Å². The van der Waals surface area contributed by atoms with Crippen molar-refractivity contribution in [1.82, 2.24) is 10.3 Å². The van der Waals surface area contributed by atoms with Gasteiger partial charge in [-0.05, 0) is 18.9 Å². The summed E-state index contributed by atoms with van der Waals surface area (Å²) in [5, 5.41) is 3.22. The summed E-state index contributed by atoms with van der Waals surface area (Å²) in [4.78, 5) is 4.33. The number of nitrogens with one attached hydrogen (secondary N) is 1. The lowest BCUT2D eigenvalue weighted by molar-refractivity contribution is -0.0588. The Hall–Kier alpha value is -1.43. The van der Waals surface area contributed by atoms with Gasteiger partial charge in [0.2, 0.25) is 17.7 Å². The third kappa shape index (κ3) is 3.17. The molecule has 3 rings (SSSR count). The number of rotatable bonds is 2. The highest BCUT2D eigenvalue weighted by Crippen LogP contribution is 2.34. The number of aromatic nitrogens is 1. The lowest BCUT2D eigenvalue weighted by Crippen LogP contribution is -2.30. The number of fused-ring (bicyclic) bond motifs is 1. The Morgan fingerprint density at radius 2 is 2.10 bits per heavy atom. The second kappa shape index (κ2) is 5.52. The van der Waals surface area contributed by atoms with Crippen molar-refractivity contribution in [2.24, 2.45) is 0 Å². The molecular formula is C14H18F2N2O2. The van der Waals surface area contributed by atoms with Crippen molar-refractivity contribution in [1.29, 1.82) is 0 Å². The zero-order valence-electron chi connectivity index (χ0n) is 11.2. The minimum absolute atomic E-state index is 0.108. The first-order chi connectivity index (χ1) is 9.62. The highest BCUT2D eigenvalue weighted by molar-refractivity contribution is 5.31. The van der Waals surface area contributed by atoms with Crippen LogP contribution in [0.1, 0.15) is 31.2 Å². The molecule has 1 N–H and O–H groups in total. The molecule has 0 radical (unpaired) electrons. The summed E-state index contributed by atoms with van der Waals surface area (Å²) in [6.07, 6.45) is 0.345. The van der Waals surface area contributed by atoms with E-state index in [0.29, 0.717) is 31.2 Å². The van der Waals surface area contributed by atoms with Crippen LogP contribution in [0.25, 0.3) is 0 Å². The first-order valence-electron chi connectivity index (χ1n) is 7.00. The third-order valence-corrected chi connectivity index (χ3v) is 3.70. The van der Waals surface area contributed by atoms with Crippen molar-refractivity contribution in [3.05, 3.63) is 17.7 Å². The minimum atomic E-state index is -2.53. The van der Waals surface area contributed by atoms with E-state index < -0.39 is 5.92 Å². The topological polar surface area (TPSA) is 43.4 Å². The zero-order chi connectivity index (χ0) is 14.0. The normalized spacial score (nSPS) is 22.5. The molecule has 0 atom stereocenters. The van der Waals surface area contributed by atoms with Gasteiger partial charge in [-0.3, -0.25) is 0 Å². The molecule has 4 nitrogen and oxygen atoms in total. The van der Waals surface area contributed by atoms with Gasteiger partial charge in [0, 0.05) is 37.6 Å². The summed E-state index contributed by atoms with van der Waals surface area (Å²) in [7, 11) is 0. The average molecular weight is 284 g/mol. The number of ether oxygens (including phenoxy) is 2. The molecular weight excluding hydrogens is 266 g/mol. The van der Waals surface area contributed by atoms with Gasteiger partial charge in [0.15, 0.2) is 0 Å². The Morgan fingerprint density at radius 1 is 1.30 bits per heavy atom. The van der Waals surface area contributed by atoms with Gasteiger partial charge >= 0.3 is 0 Å². The molecule has 6 heteroatoms. The average Bonchev–Trinajstić information content (AvgIpc) is 2.66. The molecule has 20 heavy (non-hydrogen) atoms. The quantitative estimate of drug-likeness (QED) is 0.906. The first-order valence-corrected chi connectivity index (χ1v) is 7.00. The predicted molar refractivity (Wildman–Crippen MR) is 69.3 cm³/mol. The molecule has 1 aliphatic carbocycles. The fourth-order valence-electron chi connectivity index (χ4n) is 2.52. The van der Waals surface area contributed by atoms with Crippen molar-refractivity contribution in [3.8, 4) is 11.8 Å². The van der Waals surface area contributed by atoms with Gasteiger partial charge in [0.05, 0.1) is 0 Å². The third-order valence-electron chi connectivity index (χ3n) is 3.70. The Labute approximate surface area is 116 Å². The maximum Gasteiger partial charge on any atom is 0.248 e. The molecule has 1 aliphatic heterocycles. The van der Waals surface area contributed by atoms with Crippen molar-refractivity contribution in [3.63, 3.8) is 0 Å². The van der Waals surface area contributed by atoms with E-state index >= 15 is 0 Å². The van der Waals surface area contributed by atoms with Gasteiger partial charge in [-0.25, -0.2) is 8.78 Å². The number of nitrogens with zero attached hydrogens (tertiary/aromatic N) is 1. The van der Waals surface area contributed by atoms with Crippen LogP contribution in [0.2, 0.25) is 0 Å². The first kappa shape index (κ1) is 13.5. The van der Waals surface area contributed by atoms with E-state index in [4.69, 9.17) is 9.47 Å². The number of hydrogen-bond donors (Lipinski definition) is 1. The summed E-state index contributed by atoms with van der Waals surface area (Å²) in [6.45, 7) is 2.07. The van der Waals surface area contributed by atoms with E-state index in [-0.39, 0.29) is 18.9 Å². The van der Waals surface area contributed by atoms with Crippen LogP contribution in [0, 0.1) is 0 Å². The molecule has 2 aliphatic rings. The Balaban J connectivity index is 1.65. The Kier molecular flexibility index (Phi) is 3.74. The molecule has 0 aromatic carbocycles. The smallest absolute Gasteiger partial charge is 0.248 e. The lowest BCUT2D eigenvalue weighted by atomic mass is 9.94. The van der Waals surface area contributed by atoms with E-state index in [1.165, 1.54) is 0 Å². The maximum atomic E-state index is 13.1. The molecule has 0 spiro atoms. The predicted octanol–water partition coefficient (Wildman–Crippen LogP) is 2.52. The maximum absolute atomic E-state index is 13.1. The molecule has 1 aromatic heterocycles. The van der Waals surface area contributed by atoms with Gasteiger partial charge in [-0.15, -0.1) is 0 Å². The van der Waals surface area contributed by atoms with Crippen molar-refractivity contribution in [2.75, 3.05) is 13.2 Å². The Morgan fingerprint density at radius 3 is 2.90 bits per heavy atom. The van der Waals surface area contributed by atoms with Gasteiger partial charge in [-0.2, -0.15) is 4.98 Å². The summed E-state index contributed by atoms with van der Waals surface area (Å²) >= 11 is 0. The van der Waals surface area contributed by atoms with Gasteiger partial charge < -0.3 is 14.8 Å². The van der Waals surface area contributed by atoms with Crippen LogP contribution in [-0.4, -0.2) is 30.2 Å². The van der Waals surface area contributed by atoms with Crippen LogP contribution in [0.5, 0.6) is 11.8 Å². The minimum Gasteiger partial charge on any atom is -0.476 e. The second-order valence-electron chi connectivity index (χ2n) is 5.31. The van der Waals surface area contributed by atoms with Gasteiger partial charge in [0.1, 0.15) is 12.7 Å². The summed E-state index contributed by atoms with van der Waals surface area (Å²) in [6, 6.07) is 3.69. The molecule has 0 bridgehead atoms.